The second-order valence-corrected chi connectivity index (χ2v) is 11.2. The number of benzene rings is 1. The summed E-state index contributed by atoms with van der Waals surface area (Å²) in [5.41, 5.74) is 2.28. The molecule has 1 aliphatic heterocycles. The first-order valence-corrected chi connectivity index (χ1v) is 13.0. The van der Waals surface area contributed by atoms with Crippen LogP contribution in [0.2, 0.25) is 0 Å². The van der Waals surface area contributed by atoms with E-state index in [2.05, 4.69) is 5.32 Å². The number of carbonyl (C=O) groups is 1. The van der Waals surface area contributed by atoms with Crippen LogP contribution in [0.15, 0.2) is 29.2 Å². The van der Waals surface area contributed by atoms with Gasteiger partial charge in [-0.3, -0.25) is 4.79 Å². The number of nitrogens with one attached hydrogen (secondary N) is 1. The van der Waals surface area contributed by atoms with Crippen LogP contribution in [0.4, 0.5) is 0 Å². The number of rotatable bonds is 7. The largest absolute Gasteiger partial charge is 0.355 e. The second kappa shape index (κ2) is 9.16. The third kappa shape index (κ3) is 4.60. The van der Waals surface area contributed by atoms with Gasteiger partial charge >= 0.3 is 0 Å². The molecular formula is C22H29N3O3S2. The van der Waals surface area contributed by atoms with Crippen molar-refractivity contribution >= 4 is 27.3 Å². The van der Waals surface area contributed by atoms with Crippen molar-refractivity contribution in [3.63, 3.8) is 0 Å². The molecule has 1 saturated heterocycles. The molecule has 30 heavy (non-hydrogen) atoms. The predicted molar refractivity (Wildman–Crippen MR) is 118 cm³/mol. The van der Waals surface area contributed by atoms with Crippen LogP contribution in [0, 0.1) is 6.92 Å². The molecule has 162 valence electrons. The Morgan fingerprint density at radius 2 is 1.97 bits per heavy atom. The molecule has 1 N–H and O–H groups in total. The summed E-state index contributed by atoms with van der Waals surface area (Å²) in [7, 11) is -3.66. The second-order valence-electron chi connectivity index (χ2n) is 8.17. The first-order valence-electron chi connectivity index (χ1n) is 10.8. The highest BCUT2D eigenvalue weighted by Gasteiger charge is 2.39. The third-order valence-corrected chi connectivity index (χ3v) is 9.03. The van der Waals surface area contributed by atoms with Gasteiger partial charge in [0.1, 0.15) is 6.04 Å². The third-order valence-electron chi connectivity index (χ3n) is 5.89. The van der Waals surface area contributed by atoms with Gasteiger partial charge in [0.05, 0.1) is 15.6 Å². The molecule has 2 aliphatic rings. The van der Waals surface area contributed by atoms with E-state index in [-0.39, 0.29) is 10.8 Å². The fourth-order valence-electron chi connectivity index (χ4n) is 4.22. The first kappa shape index (κ1) is 21.5. The Kier molecular flexibility index (Phi) is 6.55. The minimum atomic E-state index is -3.66. The van der Waals surface area contributed by atoms with E-state index in [9.17, 15) is 13.2 Å². The molecule has 0 saturated carbocycles. The molecule has 0 unspecified atom stereocenters. The van der Waals surface area contributed by atoms with E-state index in [4.69, 9.17) is 4.98 Å². The highest BCUT2D eigenvalue weighted by Crippen LogP contribution is 2.28. The van der Waals surface area contributed by atoms with Gasteiger partial charge in [-0.05, 0) is 64.0 Å². The fourth-order valence-corrected chi connectivity index (χ4v) is 7.07. The summed E-state index contributed by atoms with van der Waals surface area (Å²) >= 11 is 1.81. The van der Waals surface area contributed by atoms with Crippen molar-refractivity contribution in [2.24, 2.45) is 0 Å². The molecule has 0 radical (unpaired) electrons. The zero-order valence-electron chi connectivity index (χ0n) is 17.4. The summed E-state index contributed by atoms with van der Waals surface area (Å²) in [6, 6.07) is 6.18. The summed E-state index contributed by atoms with van der Waals surface area (Å²) in [4.78, 5) is 19.2. The van der Waals surface area contributed by atoms with Gasteiger partial charge in [-0.15, -0.1) is 11.3 Å². The van der Waals surface area contributed by atoms with E-state index in [1.54, 1.807) is 24.3 Å². The van der Waals surface area contributed by atoms with Crippen LogP contribution in [0.25, 0.3) is 0 Å². The molecule has 2 heterocycles. The smallest absolute Gasteiger partial charge is 0.243 e. The monoisotopic (exact) mass is 447 g/mol. The lowest BCUT2D eigenvalue weighted by Gasteiger charge is -2.23. The number of nitrogens with zero attached hydrogens (tertiary/aromatic N) is 2. The van der Waals surface area contributed by atoms with Crippen molar-refractivity contribution in [3.8, 4) is 0 Å². The number of hydrogen-bond donors (Lipinski definition) is 1. The predicted octanol–water partition coefficient (Wildman–Crippen LogP) is 3.23. The van der Waals surface area contributed by atoms with Crippen LogP contribution in [0.1, 0.15) is 53.2 Å². The van der Waals surface area contributed by atoms with Crippen LogP contribution in [-0.4, -0.2) is 42.7 Å². The summed E-state index contributed by atoms with van der Waals surface area (Å²) in [6.07, 6.45) is 7.67. The van der Waals surface area contributed by atoms with Crippen molar-refractivity contribution in [1.82, 2.24) is 14.6 Å². The molecule has 8 heteroatoms. The lowest BCUT2D eigenvalue weighted by molar-refractivity contribution is -0.124. The van der Waals surface area contributed by atoms with Crippen molar-refractivity contribution in [1.29, 1.82) is 0 Å². The molecule has 1 aromatic carbocycles. The lowest BCUT2D eigenvalue weighted by atomic mass is 10.0. The van der Waals surface area contributed by atoms with Gasteiger partial charge in [-0.1, -0.05) is 17.7 Å². The number of aromatic nitrogens is 1. The van der Waals surface area contributed by atoms with Gasteiger partial charge in [-0.25, -0.2) is 13.4 Å². The van der Waals surface area contributed by atoms with Gasteiger partial charge in [0.15, 0.2) is 0 Å². The van der Waals surface area contributed by atoms with Crippen molar-refractivity contribution < 1.29 is 13.2 Å². The molecular weight excluding hydrogens is 418 g/mol. The average Bonchev–Trinajstić information content (AvgIpc) is 3.38. The SMILES string of the molecule is Cc1ccc(S(=O)(=O)N2CCC[C@H]2C(=O)NCCCc2nc3c(s2)CCCC3)cc1. The molecule has 1 atom stereocenters. The first-order chi connectivity index (χ1) is 14.4. The van der Waals surface area contributed by atoms with Crippen LogP contribution in [0.3, 0.4) is 0 Å². The van der Waals surface area contributed by atoms with E-state index in [0.29, 0.717) is 25.9 Å². The Bertz CT molecular complexity index is 976. The number of amides is 1. The molecule has 0 bridgehead atoms. The number of sulfonamides is 1. The van der Waals surface area contributed by atoms with Gasteiger partial charge in [-0.2, -0.15) is 4.31 Å². The topological polar surface area (TPSA) is 79.4 Å². The summed E-state index contributed by atoms with van der Waals surface area (Å²) < 4.78 is 27.4. The molecule has 1 amide bonds. The van der Waals surface area contributed by atoms with Crippen LogP contribution >= 0.6 is 11.3 Å². The van der Waals surface area contributed by atoms with E-state index >= 15 is 0 Å². The number of carbonyl (C=O) groups excluding carboxylic acids is 1. The number of fused-ring (bicyclic) bond motifs is 1. The van der Waals surface area contributed by atoms with Crippen molar-refractivity contribution in [2.45, 2.75) is 69.2 Å². The Morgan fingerprint density at radius 3 is 2.73 bits per heavy atom. The molecule has 4 rings (SSSR count). The molecule has 2 aromatic rings. The lowest BCUT2D eigenvalue weighted by Crippen LogP contribution is -2.46. The standard InChI is InChI=1S/C22H29N3O3S2/c1-16-10-12-17(13-11-16)30(27,28)25-15-5-7-19(25)22(26)23-14-4-9-21-24-18-6-2-3-8-20(18)29-21/h10-13,19H,2-9,14-15H2,1H3,(H,23,26)/t19-/m0/s1. The minimum Gasteiger partial charge on any atom is -0.355 e. The van der Waals surface area contributed by atoms with Crippen LogP contribution in [0.5, 0.6) is 0 Å². The summed E-state index contributed by atoms with van der Waals surface area (Å²) in [6.45, 7) is 2.85. The normalized spacial score (nSPS) is 19.6. The van der Waals surface area contributed by atoms with E-state index in [0.717, 1.165) is 36.3 Å². The van der Waals surface area contributed by atoms with Gasteiger partial charge in [0.2, 0.25) is 15.9 Å². The Balaban J connectivity index is 1.31. The Hall–Kier alpha value is -1.77. The maximum Gasteiger partial charge on any atom is 0.243 e. The number of aryl methyl sites for hydroxylation is 4. The fraction of sp³-hybridized carbons (Fsp3) is 0.545. The van der Waals surface area contributed by atoms with Gasteiger partial charge in [0.25, 0.3) is 0 Å². The maximum atomic E-state index is 13.0. The average molecular weight is 448 g/mol. The van der Waals surface area contributed by atoms with E-state index in [1.165, 1.54) is 27.7 Å². The quantitative estimate of drug-likeness (QED) is 0.661. The zero-order valence-corrected chi connectivity index (χ0v) is 19.0. The highest BCUT2D eigenvalue weighted by atomic mass is 32.2. The Labute approximate surface area is 182 Å². The zero-order chi connectivity index (χ0) is 21.1. The molecule has 1 fully saturated rings. The molecule has 6 nitrogen and oxygen atoms in total. The summed E-state index contributed by atoms with van der Waals surface area (Å²) in [5.74, 6) is -0.193. The van der Waals surface area contributed by atoms with Crippen LogP contribution in [-0.2, 0) is 34.1 Å². The van der Waals surface area contributed by atoms with Crippen LogP contribution < -0.4 is 5.32 Å². The highest BCUT2D eigenvalue weighted by molar-refractivity contribution is 7.89. The summed E-state index contributed by atoms with van der Waals surface area (Å²) in [5, 5.41) is 4.10. The van der Waals surface area contributed by atoms with Gasteiger partial charge in [0, 0.05) is 24.4 Å². The molecule has 1 aliphatic carbocycles. The van der Waals surface area contributed by atoms with Crippen molar-refractivity contribution in [3.05, 3.63) is 45.4 Å². The maximum absolute atomic E-state index is 13.0. The molecule has 1 aromatic heterocycles. The number of hydrogen-bond acceptors (Lipinski definition) is 5. The minimum absolute atomic E-state index is 0.193. The van der Waals surface area contributed by atoms with E-state index < -0.39 is 16.1 Å². The van der Waals surface area contributed by atoms with Gasteiger partial charge < -0.3 is 5.32 Å². The Morgan fingerprint density at radius 1 is 1.20 bits per heavy atom. The number of thiazole rings is 1. The molecule has 0 spiro atoms. The van der Waals surface area contributed by atoms with E-state index in [1.807, 2.05) is 18.3 Å². The van der Waals surface area contributed by atoms with Crippen molar-refractivity contribution in [2.75, 3.05) is 13.1 Å².